The second-order valence-electron chi connectivity index (χ2n) is 9.83. The molecule has 4 atom stereocenters. The first kappa shape index (κ1) is 32.2. The van der Waals surface area contributed by atoms with Gasteiger partial charge >= 0.3 is 5.97 Å². The van der Waals surface area contributed by atoms with Crippen LogP contribution in [0.5, 0.6) is 0 Å². The Kier molecular flexibility index (Phi) is 11.9. The van der Waals surface area contributed by atoms with Gasteiger partial charge in [-0.25, -0.2) is 4.79 Å². The van der Waals surface area contributed by atoms with Crippen molar-refractivity contribution in [2.75, 3.05) is 12.0 Å². The van der Waals surface area contributed by atoms with E-state index in [1.54, 1.807) is 36.5 Å². The Balaban J connectivity index is 1.89. The third kappa shape index (κ3) is 9.35. The minimum Gasteiger partial charge on any atom is -0.480 e. The van der Waals surface area contributed by atoms with Crippen LogP contribution in [-0.4, -0.2) is 75.9 Å². The number of thioether (sulfide) groups is 1. The molecule has 0 spiro atoms. The van der Waals surface area contributed by atoms with Crippen LogP contribution in [-0.2, 0) is 36.8 Å². The summed E-state index contributed by atoms with van der Waals surface area (Å²) in [5, 5.41) is 18.3. The number of amides is 4. The van der Waals surface area contributed by atoms with E-state index in [1.165, 1.54) is 11.8 Å². The third-order valence-electron chi connectivity index (χ3n) is 6.63. The number of aromatic nitrogens is 1. The van der Waals surface area contributed by atoms with Gasteiger partial charge in [0, 0.05) is 29.9 Å². The Bertz CT molecular complexity index is 1400. The molecule has 9 N–H and O–H groups in total. The number of rotatable bonds is 16. The van der Waals surface area contributed by atoms with Crippen molar-refractivity contribution < 1.29 is 29.1 Å². The third-order valence-corrected chi connectivity index (χ3v) is 7.27. The van der Waals surface area contributed by atoms with E-state index in [9.17, 15) is 29.1 Å². The molecule has 1 heterocycles. The fourth-order valence-electron chi connectivity index (χ4n) is 4.41. The summed E-state index contributed by atoms with van der Waals surface area (Å²) in [6.45, 7) is 0. The van der Waals surface area contributed by atoms with Gasteiger partial charge in [-0.05, 0) is 35.6 Å². The molecule has 1 aromatic heterocycles. The highest BCUT2D eigenvalue weighted by molar-refractivity contribution is 7.98. The van der Waals surface area contributed by atoms with Crippen LogP contribution in [0.3, 0.4) is 0 Å². The number of nitrogens with two attached hydrogens (primary N) is 2. The number of primary amides is 1. The predicted octanol–water partition coefficient (Wildman–Crippen LogP) is 0.448. The van der Waals surface area contributed by atoms with Gasteiger partial charge in [0.1, 0.15) is 18.1 Å². The van der Waals surface area contributed by atoms with Gasteiger partial charge in [0.2, 0.25) is 23.6 Å². The summed E-state index contributed by atoms with van der Waals surface area (Å²) in [6.07, 6.45) is 3.45. The lowest BCUT2D eigenvalue weighted by molar-refractivity contribution is -0.142. The predicted molar refractivity (Wildman–Crippen MR) is 160 cm³/mol. The molecule has 0 aliphatic rings. The van der Waals surface area contributed by atoms with Crippen LogP contribution in [0.25, 0.3) is 10.9 Å². The second kappa shape index (κ2) is 15.6. The Morgan fingerprint density at radius 3 is 2.10 bits per heavy atom. The van der Waals surface area contributed by atoms with Gasteiger partial charge in [-0.1, -0.05) is 48.5 Å². The number of carboxylic acid groups (broad SMARTS) is 1. The normalized spacial score (nSPS) is 13.9. The highest BCUT2D eigenvalue weighted by atomic mass is 32.2. The maximum Gasteiger partial charge on any atom is 0.326 e. The maximum atomic E-state index is 13.7. The number of hydrogen-bond donors (Lipinski definition) is 7. The minimum atomic E-state index is -1.27. The number of carbonyl (C=O) groups excluding carboxylic acids is 4. The van der Waals surface area contributed by atoms with Crippen molar-refractivity contribution in [1.82, 2.24) is 20.9 Å². The topological polar surface area (TPSA) is 210 Å². The van der Waals surface area contributed by atoms with Crippen molar-refractivity contribution in [3.05, 3.63) is 71.9 Å². The maximum absolute atomic E-state index is 13.7. The van der Waals surface area contributed by atoms with Gasteiger partial charge in [0.15, 0.2) is 0 Å². The van der Waals surface area contributed by atoms with Crippen LogP contribution in [0.2, 0.25) is 0 Å². The summed E-state index contributed by atoms with van der Waals surface area (Å²) >= 11 is 1.45. The Morgan fingerprint density at radius 1 is 0.857 bits per heavy atom. The van der Waals surface area contributed by atoms with E-state index in [-0.39, 0.29) is 19.3 Å². The molecule has 13 heteroatoms. The summed E-state index contributed by atoms with van der Waals surface area (Å²) in [6, 6.07) is 11.6. The Hall–Kier alpha value is -4.36. The first-order chi connectivity index (χ1) is 20.1. The summed E-state index contributed by atoms with van der Waals surface area (Å²) in [4.78, 5) is 66.2. The van der Waals surface area contributed by atoms with Crippen molar-refractivity contribution in [3.8, 4) is 0 Å². The molecule has 0 aliphatic heterocycles. The van der Waals surface area contributed by atoms with Crippen molar-refractivity contribution in [3.63, 3.8) is 0 Å². The van der Waals surface area contributed by atoms with E-state index in [0.29, 0.717) is 5.75 Å². The molecule has 3 aromatic rings. The van der Waals surface area contributed by atoms with Crippen LogP contribution in [0.1, 0.15) is 24.0 Å². The van der Waals surface area contributed by atoms with E-state index >= 15 is 0 Å². The van der Waals surface area contributed by atoms with Gasteiger partial charge < -0.3 is 37.5 Å². The van der Waals surface area contributed by atoms with E-state index < -0.39 is 60.2 Å². The van der Waals surface area contributed by atoms with Crippen LogP contribution in [0.4, 0.5) is 0 Å². The van der Waals surface area contributed by atoms with E-state index in [0.717, 1.165) is 22.0 Å². The summed E-state index contributed by atoms with van der Waals surface area (Å²) in [7, 11) is 0. The van der Waals surface area contributed by atoms with Gasteiger partial charge in [0.05, 0.1) is 12.5 Å². The summed E-state index contributed by atoms with van der Waals surface area (Å²) in [5.41, 5.74) is 13.3. The summed E-state index contributed by atoms with van der Waals surface area (Å²) in [5.74, 6) is -3.58. The molecule has 4 amide bonds. The smallest absolute Gasteiger partial charge is 0.326 e. The number of hydrogen-bond acceptors (Lipinski definition) is 7. The highest BCUT2D eigenvalue weighted by Crippen LogP contribution is 2.19. The largest absolute Gasteiger partial charge is 0.480 e. The number of benzene rings is 2. The molecule has 12 nitrogen and oxygen atoms in total. The monoisotopic (exact) mass is 596 g/mol. The van der Waals surface area contributed by atoms with Gasteiger partial charge in [-0.3, -0.25) is 19.2 Å². The van der Waals surface area contributed by atoms with E-state index in [1.807, 2.05) is 30.5 Å². The molecule has 0 aliphatic carbocycles. The van der Waals surface area contributed by atoms with Crippen molar-refractivity contribution in [2.24, 2.45) is 11.5 Å². The number of aromatic amines is 1. The van der Waals surface area contributed by atoms with Crippen LogP contribution < -0.4 is 27.4 Å². The molecule has 0 radical (unpaired) electrons. The molecule has 2 aromatic carbocycles. The van der Waals surface area contributed by atoms with E-state index in [4.69, 9.17) is 11.5 Å². The lowest BCUT2D eigenvalue weighted by Gasteiger charge is -2.25. The zero-order chi connectivity index (χ0) is 30.6. The number of H-pyrrole nitrogens is 1. The summed E-state index contributed by atoms with van der Waals surface area (Å²) < 4.78 is 0. The standard InChI is InChI=1S/C29H36N6O6S/c1-42-12-11-22(29(40)41)33-28(39)24(14-18-16-32-21-10-6-5-9-19(18)21)35-27(38)23(13-17-7-3-2-4-8-17)34-26(37)20(30)15-25(31)36/h2-10,16,20,22-24,32H,11-15,30H2,1H3,(H2,31,36)(H,33,39)(H,34,37)(H,35,38)(H,40,41). The zero-order valence-corrected chi connectivity index (χ0v) is 24.0. The molecule has 0 fully saturated rings. The van der Waals surface area contributed by atoms with Crippen molar-refractivity contribution in [1.29, 1.82) is 0 Å². The lowest BCUT2D eigenvalue weighted by atomic mass is 10.0. The zero-order valence-electron chi connectivity index (χ0n) is 23.2. The second-order valence-corrected chi connectivity index (χ2v) is 10.8. The van der Waals surface area contributed by atoms with Gasteiger partial charge in [-0.15, -0.1) is 0 Å². The Morgan fingerprint density at radius 2 is 1.45 bits per heavy atom. The van der Waals surface area contributed by atoms with Crippen LogP contribution >= 0.6 is 11.8 Å². The first-order valence-electron chi connectivity index (χ1n) is 13.3. The fraction of sp³-hybridized carbons (Fsp3) is 0.345. The average Bonchev–Trinajstić information content (AvgIpc) is 3.37. The minimum absolute atomic E-state index is 0.0453. The van der Waals surface area contributed by atoms with Crippen LogP contribution in [0, 0.1) is 0 Å². The van der Waals surface area contributed by atoms with Crippen LogP contribution in [0.15, 0.2) is 60.8 Å². The lowest BCUT2D eigenvalue weighted by Crippen LogP contribution is -2.58. The average molecular weight is 597 g/mol. The van der Waals surface area contributed by atoms with Gasteiger partial charge in [-0.2, -0.15) is 11.8 Å². The highest BCUT2D eigenvalue weighted by Gasteiger charge is 2.31. The number of para-hydroxylation sites is 1. The number of nitrogens with one attached hydrogen (secondary N) is 4. The molecule has 42 heavy (non-hydrogen) atoms. The number of fused-ring (bicyclic) bond motifs is 1. The van der Waals surface area contributed by atoms with E-state index in [2.05, 4.69) is 20.9 Å². The number of aliphatic carboxylic acids is 1. The van der Waals surface area contributed by atoms with Crippen molar-refractivity contribution >= 4 is 52.3 Å². The molecule has 224 valence electrons. The fourth-order valence-corrected chi connectivity index (χ4v) is 4.89. The molecule has 3 rings (SSSR count). The number of carboxylic acids is 1. The first-order valence-corrected chi connectivity index (χ1v) is 14.7. The molecule has 4 unspecified atom stereocenters. The molecule has 0 saturated carbocycles. The van der Waals surface area contributed by atoms with Gasteiger partial charge in [0.25, 0.3) is 0 Å². The molecular formula is C29H36N6O6S. The van der Waals surface area contributed by atoms with Crippen molar-refractivity contribution in [2.45, 2.75) is 49.9 Å². The molecular weight excluding hydrogens is 560 g/mol. The Labute approximate surface area is 247 Å². The molecule has 0 saturated heterocycles. The molecule has 0 bridgehead atoms. The quantitative estimate of drug-likeness (QED) is 0.123. The SMILES string of the molecule is CSCCC(NC(=O)C(Cc1c[nH]c2ccccc12)NC(=O)C(Cc1ccccc1)NC(=O)C(N)CC(N)=O)C(=O)O. The number of carbonyl (C=O) groups is 5.